The van der Waals surface area contributed by atoms with E-state index >= 15 is 0 Å². The second-order valence-corrected chi connectivity index (χ2v) is 7.66. The predicted octanol–water partition coefficient (Wildman–Crippen LogP) is 3.99. The van der Waals surface area contributed by atoms with Crippen LogP contribution in [0.5, 0.6) is 0 Å². The van der Waals surface area contributed by atoms with E-state index in [4.69, 9.17) is 10.8 Å². The van der Waals surface area contributed by atoms with E-state index in [-0.39, 0.29) is 78.4 Å². The molecule has 0 aliphatic carbocycles. The van der Waals surface area contributed by atoms with E-state index in [1.807, 2.05) is 0 Å². The third-order valence-electron chi connectivity index (χ3n) is 4.85. The Kier molecular flexibility index (Phi) is 30.8. The number of allylic oxidation sites excluding steroid dienone is 2. The molecule has 3 N–H and O–H groups in total. The molecule has 0 aliphatic heterocycles. The van der Waals surface area contributed by atoms with Gasteiger partial charge in [0.25, 0.3) is 0 Å². The number of ether oxygens (including phenoxy) is 1. The van der Waals surface area contributed by atoms with Crippen molar-refractivity contribution in [3.05, 3.63) is 12.2 Å². The number of unbranched alkanes of at least 4 members (excludes halogenated alkanes) is 11. The first-order valence-electron chi connectivity index (χ1n) is 11.3. The molecule has 31 heavy (non-hydrogen) atoms. The molecule has 0 radical (unpaired) electrons. The van der Waals surface area contributed by atoms with Crippen LogP contribution in [-0.2, 0) is 19.1 Å². The average molecular weight is 460 g/mol. The minimum atomic E-state index is -1.17. The third-order valence-corrected chi connectivity index (χ3v) is 4.85. The molecular weight excluding hydrogens is 416 g/mol. The number of nitrogens with two attached hydrogens (primary N) is 1. The SMILES string of the molecule is CCCCCCCC/C=C\CCCCCCCC(=O)OC(=O)CC[C@H](N)C(=O)O.[NaH].[NaH]. The van der Waals surface area contributed by atoms with Gasteiger partial charge >= 0.3 is 77.0 Å². The Morgan fingerprint density at radius 1 is 0.774 bits per heavy atom. The van der Waals surface area contributed by atoms with Crippen molar-refractivity contribution in [1.82, 2.24) is 0 Å². The van der Waals surface area contributed by atoms with Crippen molar-refractivity contribution in [3.8, 4) is 0 Å². The maximum absolute atomic E-state index is 11.6. The number of hydrogen-bond donors (Lipinski definition) is 2. The molecule has 0 aromatic heterocycles. The van der Waals surface area contributed by atoms with Gasteiger partial charge in [-0.2, -0.15) is 0 Å². The van der Waals surface area contributed by atoms with Crippen LogP contribution in [0.25, 0.3) is 0 Å². The van der Waals surface area contributed by atoms with Crippen molar-refractivity contribution >= 4 is 77.0 Å². The van der Waals surface area contributed by atoms with Crippen molar-refractivity contribution in [2.45, 2.75) is 116 Å². The van der Waals surface area contributed by atoms with Gasteiger partial charge in [-0.1, -0.05) is 70.4 Å². The molecule has 0 rings (SSSR count). The molecule has 6 nitrogen and oxygen atoms in total. The van der Waals surface area contributed by atoms with Crippen LogP contribution in [0.1, 0.15) is 110 Å². The van der Waals surface area contributed by atoms with Gasteiger partial charge in [-0.15, -0.1) is 0 Å². The van der Waals surface area contributed by atoms with Gasteiger partial charge < -0.3 is 15.6 Å². The molecule has 172 valence electrons. The molecule has 1 atom stereocenters. The summed E-state index contributed by atoms with van der Waals surface area (Å²) in [5.41, 5.74) is 5.30. The molecule has 0 bridgehead atoms. The normalized spacial score (nSPS) is 11.4. The Morgan fingerprint density at radius 3 is 1.74 bits per heavy atom. The molecule has 0 amide bonds. The number of carbonyl (C=O) groups is 3. The summed E-state index contributed by atoms with van der Waals surface area (Å²) in [6.07, 6.45) is 20.0. The number of aliphatic carboxylic acids is 1. The van der Waals surface area contributed by atoms with E-state index in [2.05, 4.69) is 23.8 Å². The van der Waals surface area contributed by atoms with Crippen molar-refractivity contribution in [2.75, 3.05) is 0 Å². The van der Waals surface area contributed by atoms with Crippen molar-refractivity contribution < 1.29 is 24.2 Å². The van der Waals surface area contributed by atoms with E-state index < -0.39 is 23.9 Å². The van der Waals surface area contributed by atoms with E-state index in [1.165, 1.54) is 51.4 Å². The van der Waals surface area contributed by atoms with Gasteiger partial charge in [-0.25, -0.2) is 0 Å². The van der Waals surface area contributed by atoms with Crippen LogP contribution < -0.4 is 5.73 Å². The quantitative estimate of drug-likeness (QED) is 0.0994. The van der Waals surface area contributed by atoms with Crippen LogP contribution in [-0.4, -0.2) is 88.2 Å². The van der Waals surface area contributed by atoms with Gasteiger partial charge in [0.05, 0.1) is 0 Å². The van der Waals surface area contributed by atoms with Gasteiger partial charge in [0, 0.05) is 12.8 Å². The molecule has 0 aromatic carbocycles. The molecule has 0 aromatic rings. The zero-order chi connectivity index (χ0) is 21.7. The summed E-state index contributed by atoms with van der Waals surface area (Å²) in [4.78, 5) is 33.6. The Hall–Kier alpha value is 0.310. The molecule has 0 heterocycles. The standard InChI is InChI=1S/C23H41NO5.2Na.2H/c1-2-3-4-5-6-7-8-9-10-11-12-13-14-15-16-17-21(25)29-22(26)19-18-20(24)23(27)28;;;;/h9-10,20H,2-8,11-19,24H2,1H3,(H,27,28);;;;/b10-9-;;;;/t20-;;;;/m0..../s1. The molecule has 0 unspecified atom stereocenters. The summed E-state index contributed by atoms with van der Waals surface area (Å²) < 4.78 is 4.66. The van der Waals surface area contributed by atoms with Gasteiger partial charge in [-0.05, 0) is 38.5 Å². The number of esters is 2. The molecule has 0 spiro atoms. The monoisotopic (exact) mass is 459 g/mol. The Balaban J connectivity index is -0.00000392. The fraction of sp³-hybridized carbons (Fsp3) is 0.783. The van der Waals surface area contributed by atoms with Gasteiger partial charge in [0.2, 0.25) is 0 Å². The van der Waals surface area contributed by atoms with Gasteiger partial charge in [0.15, 0.2) is 0 Å². The summed E-state index contributed by atoms with van der Waals surface area (Å²) in [6, 6.07) is -1.11. The number of carbonyl (C=O) groups excluding carboxylic acids is 2. The summed E-state index contributed by atoms with van der Waals surface area (Å²) in [5.74, 6) is -2.42. The molecule has 0 saturated heterocycles. The fourth-order valence-corrected chi connectivity index (χ4v) is 2.97. The van der Waals surface area contributed by atoms with E-state index in [9.17, 15) is 14.4 Å². The number of carboxylic acids is 1. The van der Waals surface area contributed by atoms with Crippen LogP contribution >= 0.6 is 0 Å². The first-order chi connectivity index (χ1) is 14.0. The van der Waals surface area contributed by atoms with Crippen LogP contribution in [0.3, 0.4) is 0 Å². The van der Waals surface area contributed by atoms with Crippen molar-refractivity contribution in [3.63, 3.8) is 0 Å². The Labute approximate surface area is 233 Å². The van der Waals surface area contributed by atoms with Crippen LogP contribution in [0.15, 0.2) is 12.2 Å². The van der Waals surface area contributed by atoms with Crippen LogP contribution in [0.2, 0.25) is 0 Å². The Bertz CT molecular complexity index is 487. The first-order valence-corrected chi connectivity index (χ1v) is 11.3. The first kappa shape index (κ1) is 35.9. The topological polar surface area (TPSA) is 107 Å². The fourth-order valence-electron chi connectivity index (χ4n) is 2.97. The molecule has 0 fully saturated rings. The predicted molar refractivity (Wildman–Crippen MR) is 130 cm³/mol. The zero-order valence-electron chi connectivity index (χ0n) is 18.2. The minimum absolute atomic E-state index is 0. The maximum atomic E-state index is 11.6. The Morgan fingerprint density at radius 2 is 1.23 bits per heavy atom. The van der Waals surface area contributed by atoms with Crippen LogP contribution in [0, 0.1) is 0 Å². The van der Waals surface area contributed by atoms with Crippen molar-refractivity contribution in [2.24, 2.45) is 5.73 Å². The molecular formula is C23H43NNa2O5. The number of carboxylic acid groups (broad SMARTS) is 1. The summed E-state index contributed by atoms with van der Waals surface area (Å²) >= 11 is 0. The molecule has 0 aliphatic rings. The zero-order valence-corrected chi connectivity index (χ0v) is 18.2. The number of rotatable bonds is 19. The second-order valence-electron chi connectivity index (χ2n) is 7.66. The summed E-state index contributed by atoms with van der Waals surface area (Å²) in [7, 11) is 0. The van der Waals surface area contributed by atoms with Gasteiger partial charge in [-0.3, -0.25) is 14.4 Å². The third kappa shape index (κ3) is 26.4. The molecule has 0 saturated carbocycles. The van der Waals surface area contributed by atoms with Crippen LogP contribution in [0.4, 0.5) is 0 Å². The second kappa shape index (κ2) is 26.6. The summed E-state index contributed by atoms with van der Waals surface area (Å²) in [5, 5.41) is 8.63. The van der Waals surface area contributed by atoms with E-state index in [1.54, 1.807) is 0 Å². The van der Waals surface area contributed by atoms with Crippen molar-refractivity contribution in [1.29, 1.82) is 0 Å². The van der Waals surface area contributed by atoms with E-state index in [0.29, 0.717) is 6.42 Å². The average Bonchev–Trinajstić information content (AvgIpc) is 2.68. The molecule has 8 heteroatoms. The number of hydrogen-bond acceptors (Lipinski definition) is 5. The van der Waals surface area contributed by atoms with E-state index in [0.717, 1.165) is 25.7 Å². The van der Waals surface area contributed by atoms with Gasteiger partial charge in [0.1, 0.15) is 6.04 Å². The summed E-state index contributed by atoms with van der Waals surface area (Å²) in [6.45, 7) is 2.24.